The van der Waals surface area contributed by atoms with E-state index in [1.54, 1.807) is 18.0 Å². The Kier molecular flexibility index (Phi) is 14.4. The van der Waals surface area contributed by atoms with Crippen LogP contribution in [-0.4, -0.2) is 82.0 Å². The van der Waals surface area contributed by atoms with Crippen LogP contribution in [0.25, 0.3) is 11.1 Å². The number of benzene rings is 2. The SMILES string of the molecule is CN(C)CCSc1cc(-c2cn[nH]c2)ccc1NC(=O)NCc1ccccc1.O=C(O)C(F)(F)F.O=C(O)C(F)(F)F. The molecule has 2 aromatic carbocycles. The Morgan fingerprint density at radius 3 is 1.98 bits per heavy atom. The maximum atomic E-state index is 12.4. The molecule has 0 atom stereocenters. The number of carboxylic acid groups (broad SMARTS) is 2. The lowest BCUT2D eigenvalue weighted by Gasteiger charge is -2.14. The van der Waals surface area contributed by atoms with E-state index in [0.717, 1.165) is 39.6 Å². The van der Waals surface area contributed by atoms with Crippen LogP contribution in [0.4, 0.5) is 36.8 Å². The number of alkyl halides is 6. The first-order valence-corrected chi connectivity index (χ1v) is 12.6. The van der Waals surface area contributed by atoms with Gasteiger partial charge in [-0.15, -0.1) is 11.8 Å². The second-order valence-electron chi connectivity index (χ2n) is 8.25. The third-order valence-corrected chi connectivity index (χ3v) is 5.67. The summed E-state index contributed by atoms with van der Waals surface area (Å²) in [6, 6.07) is 15.7. The number of hydrogen-bond acceptors (Lipinski definition) is 6. The van der Waals surface area contributed by atoms with Crippen LogP contribution in [0.3, 0.4) is 0 Å². The number of amides is 2. The van der Waals surface area contributed by atoms with Crippen molar-refractivity contribution in [3.63, 3.8) is 0 Å². The van der Waals surface area contributed by atoms with E-state index in [1.807, 2.05) is 48.7 Å². The smallest absolute Gasteiger partial charge is 0.475 e. The van der Waals surface area contributed by atoms with Crippen molar-refractivity contribution in [2.45, 2.75) is 23.8 Å². The molecule has 5 N–H and O–H groups in total. The van der Waals surface area contributed by atoms with Gasteiger partial charge in [-0.2, -0.15) is 31.4 Å². The number of nitrogens with zero attached hydrogens (tertiary/aromatic N) is 2. The van der Waals surface area contributed by atoms with Crippen molar-refractivity contribution in [3.8, 4) is 11.1 Å². The molecule has 1 heterocycles. The van der Waals surface area contributed by atoms with Crippen LogP contribution >= 0.6 is 11.8 Å². The van der Waals surface area contributed by atoms with E-state index < -0.39 is 24.3 Å². The molecule has 0 unspecified atom stereocenters. The van der Waals surface area contributed by atoms with Gasteiger partial charge >= 0.3 is 30.3 Å². The molecule has 1 aromatic heterocycles. The van der Waals surface area contributed by atoms with Crippen LogP contribution in [-0.2, 0) is 16.1 Å². The summed E-state index contributed by atoms with van der Waals surface area (Å²) in [5.74, 6) is -4.58. The molecule has 0 saturated carbocycles. The molecular formula is C25H27F6N5O5S. The largest absolute Gasteiger partial charge is 0.490 e. The average molecular weight is 624 g/mol. The Hall–Kier alpha value is -4.25. The molecule has 2 amide bonds. The van der Waals surface area contributed by atoms with Gasteiger partial charge in [0.2, 0.25) is 0 Å². The number of aliphatic carboxylic acids is 2. The highest BCUT2D eigenvalue weighted by molar-refractivity contribution is 7.99. The molecular weight excluding hydrogens is 596 g/mol. The van der Waals surface area contributed by atoms with Crippen molar-refractivity contribution in [1.82, 2.24) is 20.4 Å². The Labute approximate surface area is 240 Å². The fourth-order valence-corrected chi connectivity index (χ4v) is 3.78. The molecule has 0 spiro atoms. The number of aromatic nitrogens is 2. The summed E-state index contributed by atoms with van der Waals surface area (Å²) in [5.41, 5.74) is 3.96. The number of rotatable bonds is 8. The van der Waals surface area contributed by atoms with Gasteiger partial charge in [0.05, 0.1) is 11.9 Å². The average Bonchev–Trinajstić information content (AvgIpc) is 3.43. The van der Waals surface area contributed by atoms with Crippen molar-refractivity contribution in [2.24, 2.45) is 0 Å². The monoisotopic (exact) mass is 623 g/mol. The summed E-state index contributed by atoms with van der Waals surface area (Å²) in [5, 5.41) is 27.0. The fraction of sp³-hybridized carbons (Fsp3) is 0.280. The first-order valence-electron chi connectivity index (χ1n) is 11.6. The lowest BCUT2D eigenvalue weighted by molar-refractivity contribution is -0.193. The standard InChI is InChI=1S/C21H25N5OS.2C2HF3O2/c1-26(2)10-11-28-20-12-17(18-14-23-24-15-18)8-9-19(20)25-21(27)22-13-16-6-4-3-5-7-16;2*3-2(4,5)1(6)7/h3-9,12,14-15H,10-11,13H2,1-2H3,(H,23,24)(H2,22,25,27);2*(H,6,7). The van der Waals surface area contributed by atoms with Crippen LogP contribution in [0.2, 0.25) is 0 Å². The van der Waals surface area contributed by atoms with Gasteiger partial charge in [-0.25, -0.2) is 14.4 Å². The first-order chi connectivity index (χ1) is 19.5. The number of aromatic amines is 1. The van der Waals surface area contributed by atoms with E-state index in [4.69, 9.17) is 19.8 Å². The van der Waals surface area contributed by atoms with Gasteiger partial charge in [0.1, 0.15) is 0 Å². The normalized spacial score (nSPS) is 11.0. The van der Waals surface area contributed by atoms with Gasteiger partial charge in [-0.05, 0) is 37.4 Å². The molecule has 0 fully saturated rings. The van der Waals surface area contributed by atoms with E-state index >= 15 is 0 Å². The number of carboxylic acids is 2. The third kappa shape index (κ3) is 14.4. The zero-order chi connectivity index (χ0) is 31.9. The van der Waals surface area contributed by atoms with Crippen molar-refractivity contribution in [1.29, 1.82) is 0 Å². The van der Waals surface area contributed by atoms with Gasteiger partial charge in [-0.1, -0.05) is 36.4 Å². The lowest BCUT2D eigenvalue weighted by Crippen LogP contribution is -2.28. The summed E-state index contributed by atoms with van der Waals surface area (Å²) in [6.07, 6.45) is -6.51. The number of H-pyrrole nitrogens is 1. The second kappa shape index (κ2) is 16.9. The fourth-order valence-electron chi connectivity index (χ4n) is 2.62. The van der Waals surface area contributed by atoms with Crippen molar-refractivity contribution in [3.05, 3.63) is 66.5 Å². The highest BCUT2D eigenvalue weighted by Gasteiger charge is 2.38. The topological polar surface area (TPSA) is 148 Å². The molecule has 3 aromatic rings. The van der Waals surface area contributed by atoms with Crippen LogP contribution in [0.1, 0.15) is 5.56 Å². The number of carbonyl (C=O) groups excluding carboxylic acids is 1. The number of urea groups is 1. The lowest BCUT2D eigenvalue weighted by atomic mass is 10.1. The van der Waals surface area contributed by atoms with Crippen LogP contribution in [0.5, 0.6) is 0 Å². The Balaban J connectivity index is 0.000000522. The zero-order valence-corrected chi connectivity index (χ0v) is 22.9. The molecule has 17 heteroatoms. The molecule has 0 bridgehead atoms. The van der Waals surface area contributed by atoms with Gasteiger partial charge in [0, 0.05) is 35.5 Å². The van der Waals surface area contributed by atoms with Gasteiger partial charge in [0.15, 0.2) is 0 Å². The molecule has 0 aliphatic rings. The van der Waals surface area contributed by atoms with Gasteiger partial charge in [0.25, 0.3) is 0 Å². The van der Waals surface area contributed by atoms with Crippen LogP contribution in [0, 0.1) is 0 Å². The molecule has 230 valence electrons. The highest BCUT2D eigenvalue weighted by atomic mass is 32.2. The molecule has 3 rings (SSSR count). The third-order valence-electron chi connectivity index (χ3n) is 4.64. The minimum Gasteiger partial charge on any atom is -0.475 e. The number of anilines is 1. The Bertz CT molecular complexity index is 1250. The predicted octanol–water partition coefficient (Wildman–Crippen LogP) is 5.32. The van der Waals surface area contributed by atoms with E-state index in [2.05, 4.69) is 45.9 Å². The maximum Gasteiger partial charge on any atom is 0.490 e. The van der Waals surface area contributed by atoms with Crippen LogP contribution < -0.4 is 10.6 Å². The number of thioether (sulfide) groups is 1. The minimum atomic E-state index is -5.08. The summed E-state index contributed by atoms with van der Waals surface area (Å²) in [7, 11) is 4.11. The molecule has 0 aliphatic carbocycles. The summed E-state index contributed by atoms with van der Waals surface area (Å²) >= 11 is 1.73. The number of nitrogens with one attached hydrogen (secondary N) is 3. The summed E-state index contributed by atoms with van der Waals surface area (Å²) in [6.45, 7) is 1.45. The summed E-state index contributed by atoms with van der Waals surface area (Å²) in [4.78, 5) is 33.4. The van der Waals surface area contributed by atoms with E-state index in [0.29, 0.717) is 6.54 Å². The molecule has 0 aliphatic heterocycles. The van der Waals surface area contributed by atoms with Crippen molar-refractivity contribution >= 4 is 35.4 Å². The van der Waals surface area contributed by atoms with Gasteiger partial charge < -0.3 is 25.7 Å². The number of carbonyl (C=O) groups is 3. The Morgan fingerprint density at radius 1 is 0.929 bits per heavy atom. The van der Waals surface area contributed by atoms with E-state index in [9.17, 15) is 31.1 Å². The first kappa shape index (κ1) is 35.8. The molecule has 0 radical (unpaired) electrons. The maximum absolute atomic E-state index is 12.4. The highest BCUT2D eigenvalue weighted by Crippen LogP contribution is 2.32. The van der Waals surface area contributed by atoms with Gasteiger partial charge in [-0.3, -0.25) is 5.10 Å². The van der Waals surface area contributed by atoms with E-state index in [-0.39, 0.29) is 6.03 Å². The van der Waals surface area contributed by atoms with Crippen LogP contribution in [0.15, 0.2) is 65.8 Å². The Morgan fingerprint density at radius 2 is 1.50 bits per heavy atom. The quantitative estimate of drug-likeness (QED) is 0.167. The minimum absolute atomic E-state index is 0.214. The molecule has 0 saturated heterocycles. The number of hydrogen-bond donors (Lipinski definition) is 5. The summed E-state index contributed by atoms with van der Waals surface area (Å²) < 4.78 is 63.5. The van der Waals surface area contributed by atoms with Crippen molar-refractivity contribution < 1.29 is 50.9 Å². The van der Waals surface area contributed by atoms with E-state index in [1.165, 1.54) is 0 Å². The second-order valence-corrected chi connectivity index (χ2v) is 9.39. The number of halogens is 6. The van der Waals surface area contributed by atoms with Crippen molar-refractivity contribution in [2.75, 3.05) is 31.7 Å². The predicted molar refractivity (Wildman–Crippen MR) is 143 cm³/mol. The zero-order valence-electron chi connectivity index (χ0n) is 22.1. The molecule has 10 nitrogen and oxygen atoms in total. The molecule has 42 heavy (non-hydrogen) atoms.